The van der Waals surface area contributed by atoms with Crippen LogP contribution >= 0.6 is 0 Å². The molecule has 0 aliphatic carbocycles. The first-order chi connectivity index (χ1) is 10.2. The summed E-state index contributed by atoms with van der Waals surface area (Å²) in [6.07, 6.45) is 0.778. The number of fused-ring (bicyclic) bond motifs is 1. The van der Waals surface area contributed by atoms with Gasteiger partial charge < -0.3 is 15.3 Å². The quantitative estimate of drug-likeness (QED) is 0.847. The number of phenols is 1. The minimum atomic E-state index is -0.713. The molecular weight excluding hydrogens is 271 g/mol. The highest BCUT2D eigenvalue weighted by atomic mass is 19.1. The van der Waals surface area contributed by atoms with Crippen molar-refractivity contribution in [3.8, 4) is 5.75 Å². The third kappa shape index (κ3) is 2.54. The van der Waals surface area contributed by atoms with Crippen molar-refractivity contribution in [3.05, 3.63) is 53.8 Å². The van der Waals surface area contributed by atoms with Crippen LogP contribution < -0.4 is 10.2 Å². The molecule has 0 atom stereocenters. The van der Waals surface area contributed by atoms with Gasteiger partial charge in [0, 0.05) is 19.2 Å². The van der Waals surface area contributed by atoms with E-state index >= 15 is 0 Å². The number of halogens is 1. The molecule has 4 nitrogen and oxygen atoms in total. The zero-order chi connectivity index (χ0) is 14.8. The van der Waals surface area contributed by atoms with Crippen molar-refractivity contribution >= 4 is 17.3 Å². The van der Waals surface area contributed by atoms with Gasteiger partial charge in [-0.05, 0) is 30.7 Å². The van der Waals surface area contributed by atoms with Gasteiger partial charge in [0.25, 0.3) is 5.91 Å². The SMILES string of the molecule is O=C(c1ccc(O)cc1F)N1CCCNc2ccccc21. The summed E-state index contributed by atoms with van der Waals surface area (Å²) in [6, 6.07) is 11.1. The molecule has 0 saturated carbocycles. The molecule has 2 aromatic carbocycles. The number of nitrogens with one attached hydrogen (secondary N) is 1. The van der Waals surface area contributed by atoms with Gasteiger partial charge in [-0.2, -0.15) is 0 Å². The first-order valence-corrected chi connectivity index (χ1v) is 6.80. The summed E-state index contributed by atoms with van der Waals surface area (Å²) in [5.74, 6) is -1.31. The second-order valence-electron chi connectivity index (χ2n) is 4.92. The van der Waals surface area contributed by atoms with Gasteiger partial charge in [0.05, 0.1) is 16.9 Å². The average molecular weight is 286 g/mol. The number of aromatic hydroxyl groups is 1. The van der Waals surface area contributed by atoms with E-state index in [4.69, 9.17) is 0 Å². The molecule has 0 aromatic heterocycles. The molecule has 0 unspecified atom stereocenters. The van der Waals surface area contributed by atoms with Crippen LogP contribution in [0.2, 0.25) is 0 Å². The topological polar surface area (TPSA) is 52.6 Å². The van der Waals surface area contributed by atoms with Crippen LogP contribution in [0.3, 0.4) is 0 Å². The number of hydrogen-bond donors (Lipinski definition) is 2. The maximum atomic E-state index is 13.9. The summed E-state index contributed by atoms with van der Waals surface area (Å²) in [5, 5.41) is 12.5. The molecule has 1 aliphatic heterocycles. The van der Waals surface area contributed by atoms with Crippen molar-refractivity contribution < 1.29 is 14.3 Å². The van der Waals surface area contributed by atoms with Gasteiger partial charge in [-0.25, -0.2) is 4.39 Å². The van der Waals surface area contributed by atoms with E-state index in [9.17, 15) is 14.3 Å². The van der Waals surface area contributed by atoms with Gasteiger partial charge in [-0.3, -0.25) is 4.79 Å². The first kappa shape index (κ1) is 13.4. The fraction of sp³-hybridized carbons (Fsp3) is 0.188. The number of phenolic OH excluding ortho intramolecular Hbond substituents is 1. The van der Waals surface area contributed by atoms with E-state index in [0.29, 0.717) is 6.54 Å². The Morgan fingerprint density at radius 3 is 2.86 bits per heavy atom. The lowest BCUT2D eigenvalue weighted by Crippen LogP contribution is -2.32. The molecule has 0 fully saturated rings. The second kappa shape index (κ2) is 5.44. The number of hydrogen-bond acceptors (Lipinski definition) is 3. The fourth-order valence-electron chi connectivity index (χ4n) is 2.47. The Hall–Kier alpha value is -2.56. The number of benzene rings is 2. The zero-order valence-corrected chi connectivity index (χ0v) is 11.3. The van der Waals surface area contributed by atoms with Crippen LogP contribution in [-0.2, 0) is 0 Å². The summed E-state index contributed by atoms with van der Waals surface area (Å²) in [5.41, 5.74) is 1.57. The van der Waals surface area contributed by atoms with E-state index in [2.05, 4.69) is 5.32 Å². The van der Waals surface area contributed by atoms with Crippen LogP contribution in [0.1, 0.15) is 16.8 Å². The van der Waals surface area contributed by atoms with Gasteiger partial charge >= 0.3 is 0 Å². The fourth-order valence-corrected chi connectivity index (χ4v) is 2.47. The molecule has 21 heavy (non-hydrogen) atoms. The standard InChI is InChI=1S/C16H15FN2O2/c17-13-10-11(20)6-7-12(13)16(21)19-9-3-8-18-14-4-1-2-5-15(14)19/h1-2,4-7,10,18,20H,3,8-9H2. The van der Waals surface area contributed by atoms with Crippen LogP contribution in [0.4, 0.5) is 15.8 Å². The molecule has 3 rings (SSSR count). The van der Waals surface area contributed by atoms with Gasteiger partial charge in [0.15, 0.2) is 0 Å². The van der Waals surface area contributed by atoms with Crippen molar-refractivity contribution in [1.29, 1.82) is 0 Å². The number of para-hydroxylation sites is 2. The number of anilines is 2. The molecule has 1 aliphatic rings. The molecule has 108 valence electrons. The second-order valence-corrected chi connectivity index (χ2v) is 4.92. The lowest BCUT2D eigenvalue weighted by molar-refractivity contribution is 0.0983. The van der Waals surface area contributed by atoms with Crippen molar-refractivity contribution in [1.82, 2.24) is 0 Å². The maximum Gasteiger partial charge on any atom is 0.261 e. The normalized spacial score (nSPS) is 14.0. The Bertz CT molecular complexity index is 688. The molecule has 1 heterocycles. The molecule has 0 spiro atoms. The largest absolute Gasteiger partial charge is 0.508 e. The van der Waals surface area contributed by atoms with Crippen molar-refractivity contribution in [3.63, 3.8) is 0 Å². The van der Waals surface area contributed by atoms with Gasteiger partial charge in [0.2, 0.25) is 0 Å². The number of amides is 1. The number of carbonyl (C=O) groups is 1. The Kier molecular flexibility index (Phi) is 3.48. The van der Waals surface area contributed by atoms with Crippen LogP contribution in [0.25, 0.3) is 0 Å². The molecule has 5 heteroatoms. The predicted molar refractivity (Wildman–Crippen MR) is 79.3 cm³/mol. The zero-order valence-electron chi connectivity index (χ0n) is 11.3. The Morgan fingerprint density at radius 2 is 2.05 bits per heavy atom. The van der Waals surface area contributed by atoms with E-state index in [-0.39, 0.29) is 11.3 Å². The van der Waals surface area contributed by atoms with E-state index in [0.717, 1.165) is 30.4 Å². The third-order valence-electron chi connectivity index (χ3n) is 3.50. The molecular formula is C16H15FN2O2. The van der Waals surface area contributed by atoms with Crippen molar-refractivity contribution in [2.24, 2.45) is 0 Å². The first-order valence-electron chi connectivity index (χ1n) is 6.80. The minimum absolute atomic E-state index is 0.0375. The molecule has 1 amide bonds. The number of nitrogens with zero attached hydrogens (tertiary/aromatic N) is 1. The van der Waals surface area contributed by atoms with Crippen LogP contribution in [0, 0.1) is 5.82 Å². The molecule has 0 radical (unpaired) electrons. The molecule has 0 bridgehead atoms. The molecule has 0 saturated heterocycles. The third-order valence-corrected chi connectivity index (χ3v) is 3.50. The van der Waals surface area contributed by atoms with E-state index in [1.807, 2.05) is 24.3 Å². The maximum absolute atomic E-state index is 13.9. The van der Waals surface area contributed by atoms with Gasteiger partial charge in [-0.15, -0.1) is 0 Å². The Labute approximate surface area is 121 Å². The Morgan fingerprint density at radius 1 is 1.24 bits per heavy atom. The van der Waals surface area contributed by atoms with E-state index < -0.39 is 11.7 Å². The van der Waals surface area contributed by atoms with Crippen LogP contribution in [0.15, 0.2) is 42.5 Å². The van der Waals surface area contributed by atoms with Gasteiger partial charge in [0.1, 0.15) is 11.6 Å². The number of carbonyl (C=O) groups excluding carboxylic acids is 1. The molecule has 2 aromatic rings. The van der Waals surface area contributed by atoms with Crippen LogP contribution in [-0.4, -0.2) is 24.1 Å². The summed E-state index contributed by atoms with van der Waals surface area (Å²) in [4.78, 5) is 14.2. The summed E-state index contributed by atoms with van der Waals surface area (Å²) in [7, 11) is 0. The average Bonchev–Trinajstić information content (AvgIpc) is 2.69. The monoisotopic (exact) mass is 286 g/mol. The summed E-state index contributed by atoms with van der Waals surface area (Å²) < 4.78 is 13.9. The summed E-state index contributed by atoms with van der Waals surface area (Å²) >= 11 is 0. The van der Waals surface area contributed by atoms with E-state index in [1.165, 1.54) is 12.1 Å². The Balaban J connectivity index is 2.01. The highest BCUT2D eigenvalue weighted by molar-refractivity contribution is 6.08. The lowest BCUT2D eigenvalue weighted by Gasteiger charge is -2.22. The van der Waals surface area contributed by atoms with Crippen LogP contribution in [0.5, 0.6) is 5.75 Å². The highest BCUT2D eigenvalue weighted by Gasteiger charge is 2.24. The lowest BCUT2D eigenvalue weighted by atomic mass is 10.1. The smallest absolute Gasteiger partial charge is 0.261 e. The molecule has 2 N–H and O–H groups in total. The van der Waals surface area contributed by atoms with Gasteiger partial charge in [-0.1, -0.05) is 12.1 Å². The minimum Gasteiger partial charge on any atom is -0.508 e. The van der Waals surface area contributed by atoms with Crippen molar-refractivity contribution in [2.75, 3.05) is 23.3 Å². The predicted octanol–water partition coefficient (Wildman–Crippen LogP) is 2.99. The van der Waals surface area contributed by atoms with E-state index in [1.54, 1.807) is 4.90 Å². The number of rotatable bonds is 1. The van der Waals surface area contributed by atoms with Crippen molar-refractivity contribution in [2.45, 2.75) is 6.42 Å². The summed E-state index contributed by atoms with van der Waals surface area (Å²) in [6.45, 7) is 1.28. The highest BCUT2D eigenvalue weighted by Crippen LogP contribution is 2.30.